The van der Waals surface area contributed by atoms with Crippen molar-refractivity contribution in [2.45, 2.75) is 16.7 Å². The number of carboxylic acid groups (broad SMARTS) is 2. The zero-order valence-electron chi connectivity index (χ0n) is 8.81. The van der Waals surface area contributed by atoms with E-state index in [0.717, 1.165) is 11.8 Å². The Morgan fingerprint density at radius 2 is 2.11 bits per heavy atom. The molecule has 18 heavy (non-hydrogen) atoms. The van der Waals surface area contributed by atoms with Crippen molar-refractivity contribution in [2.75, 3.05) is 0 Å². The van der Waals surface area contributed by atoms with Crippen molar-refractivity contribution >= 4 is 45.4 Å². The Labute approximate surface area is 109 Å². The van der Waals surface area contributed by atoms with Gasteiger partial charge in [0.25, 0.3) is 0 Å². The van der Waals surface area contributed by atoms with Crippen LogP contribution in [0.4, 0.5) is 0 Å². The van der Waals surface area contributed by atoms with Crippen LogP contribution in [0.2, 0.25) is 0 Å². The quantitative estimate of drug-likeness (QED) is 0.620. The standard InChI is InChI=1S/C9H7N3O4S2/c13-5(14)1-4(9(15)16)18-8-6-7(10-2-11-8)17-3-12-6/h2-4H,1H2,(H,13,14)(H,15,16). The summed E-state index contributed by atoms with van der Waals surface area (Å²) in [4.78, 5) is 34.2. The molecule has 2 N–H and O–H groups in total. The molecule has 0 fully saturated rings. The van der Waals surface area contributed by atoms with Gasteiger partial charge in [-0.3, -0.25) is 9.59 Å². The molecular formula is C9H7N3O4S2. The Morgan fingerprint density at radius 1 is 1.33 bits per heavy atom. The summed E-state index contributed by atoms with van der Waals surface area (Å²) < 4.78 is 0. The van der Waals surface area contributed by atoms with Gasteiger partial charge in [-0.1, -0.05) is 11.8 Å². The molecule has 1 atom stereocenters. The summed E-state index contributed by atoms with van der Waals surface area (Å²) >= 11 is 2.18. The first-order valence-electron chi connectivity index (χ1n) is 4.73. The Balaban J connectivity index is 2.28. The highest BCUT2D eigenvalue weighted by Crippen LogP contribution is 2.29. The fraction of sp³-hybridized carbons (Fsp3) is 0.222. The van der Waals surface area contributed by atoms with Crippen LogP contribution in [-0.4, -0.2) is 42.4 Å². The average molecular weight is 285 g/mol. The maximum atomic E-state index is 11.0. The molecule has 0 bridgehead atoms. The van der Waals surface area contributed by atoms with Gasteiger partial charge < -0.3 is 10.2 Å². The third kappa shape index (κ3) is 2.74. The van der Waals surface area contributed by atoms with Crippen molar-refractivity contribution in [1.29, 1.82) is 0 Å². The minimum Gasteiger partial charge on any atom is -0.481 e. The fourth-order valence-electron chi connectivity index (χ4n) is 1.23. The van der Waals surface area contributed by atoms with Crippen LogP contribution >= 0.6 is 23.1 Å². The van der Waals surface area contributed by atoms with E-state index in [1.165, 1.54) is 17.7 Å². The van der Waals surface area contributed by atoms with Crippen molar-refractivity contribution in [3.05, 3.63) is 11.8 Å². The number of nitrogens with zero attached hydrogens (tertiary/aromatic N) is 3. The van der Waals surface area contributed by atoms with Gasteiger partial charge in [-0.2, -0.15) is 0 Å². The molecule has 0 radical (unpaired) electrons. The van der Waals surface area contributed by atoms with Gasteiger partial charge in [0, 0.05) is 0 Å². The number of rotatable bonds is 5. The zero-order chi connectivity index (χ0) is 13.1. The summed E-state index contributed by atoms with van der Waals surface area (Å²) in [5.41, 5.74) is 2.08. The van der Waals surface area contributed by atoms with Crippen LogP contribution in [-0.2, 0) is 9.59 Å². The second-order valence-electron chi connectivity index (χ2n) is 3.23. The SMILES string of the molecule is O=C(O)CC(Sc1ncnc2scnc12)C(=O)O. The number of carboxylic acids is 2. The van der Waals surface area contributed by atoms with E-state index in [9.17, 15) is 9.59 Å². The number of hydrogen-bond acceptors (Lipinski definition) is 7. The topological polar surface area (TPSA) is 113 Å². The lowest BCUT2D eigenvalue weighted by molar-refractivity contribution is -0.142. The highest BCUT2D eigenvalue weighted by Gasteiger charge is 2.24. The van der Waals surface area contributed by atoms with Gasteiger partial charge in [-0.25, -0.2) is 15.0 Å². The molecule has 0 saturated heterocycles. The first kappa shape index (κ1) is 12.7. The number of carbonyl (C=O) groups is 2. The second-order valence-corrected chi connectivity index (χ2v) is 5.25. The van der Waals surface area contributed by atoms with Crippen molar-refractivity contribution in [3.8, 4) is 0 Å². The number of thioether (sulfide) groups is 1. The minimum absolute atomic E-state index is 0.384. The lowest BCUT2D eigenvalue weighted by atomic mass is 10.3. The largest absolute Gasteiger partial charge is 0.481 e. The smallest absolute Gasteiger partial charge is 0.317 e. The maximum Gasteiger partial charge on any atom is 0.317 e. The first-order chi connectivity index (χ1) is 8.58. The van der Waals surface area contributed by atoms with Crippen LogP contribution in [0.5, 0.6) is 0 Å². The summed E-state index contributed by atoms with van der Waals surface area (Å²) in [6, 6.07) is 0. The molecule has 2 aromatic heterocycles. The van der Waals surface area contributed by atoms with Gasteiger partial charge in [0.15, 0.2) is 0 Å². The molecule has 1 unspecified atom stereocenters. The maximum absolute atomic E-state index is 11.0. The van der Waals surface area contributed by atoms with E-state index in [-0.39, 0.29) is 0 Å². The molecule has 0 saturated carbocycles. The minimum atomic E-state index is -1.19. The van der Waals surface area contributed by atoms with Crippen molar-refractivity contribution in [3.63, 3.8) is 0 Å². The Morgan fingerprint density at radius 3 is 2.78 bits per heavy atom. The molecule has 0 aliphatic rings. The molecule has 2 rings (SSSR count). The van der Waals surface area contributed by atoms with Gasteiger partial charge in [-0.15, -0.1) is 11.3 Å². The summed E-state index contributed by atoms with van der Waals surface area (Å²) in [5, 5.41) is 16.9. The van der Waals surface area contributed by atoms with E-state index in [1.54, 1.807) is 5.51 Å². The van der Waals surface area contributed by atoms with E-state index in [0.29, 0.717) is 15.4 Å². The van der Waals surface area contributed by atoms with Gasteiger partial charge in [0.1, 0.15) is 27.0 Å². The van der Waals surface area contributed by atoms with Crippen molar-refractivity contribution < 1.29 is 19.8 Å². The molecule has 9 heteroatoms. The lowest BCUT2D eigenvalue weighted by Crippen LogP contribution is -2.20. The predicted octanol–water partition coefficient (Wildman–Crippen LogP) is 1.11. The monoisotopic (exact) mass is 285 g/mol. The number of thiazole rings is 1. The molecule has 7 nitrogen and oxygen atoms in total. The van der Waals surface area contributed by atoms with Crippen molar-refractivity contribution in [2.24, 2.45) is 0 Å². The Kier molecular flexibility index (Phi) is 3.72. The number of fused-ring (bicyclic) bond motifs is 1. The van der Waals surface area contributed by atoms with Crippen LogP contribution in [0, 0.1) is 0 Å². The summed E-state index contributed by atoms with van der Waals surface area (Å²) in [6.45, 7) is 0. The summed E-state index contributed by atoms with van der Waals surface area (Å²) in [7, 11) is 0. The molecule has 2 heterocycles. The highest BCUT2D eigenvalue weighted by atomic mass is 32.2. The average Bonchev–Trinajstić information content (AvgIpc) is 2.76. The Hall–Kier alpha value is -1.74. The van der Waals surface area contributed by atoms with E-state index < -0.39 is 23.6 Å². The van der Waals surface area contributed by atoms with Crippen molar-refractivity contribution in [1.82, 2.24) is 15.0 Å². The summed E-state index contributed by atoms with van der Waals surface area (Å²) in [5.74, 6) is -2.36. The van der Waals surface area contributed by atoms with Gasteiger partial charge in [-0.05, 0) is 0 Å². The molecular weight excluding hydrogens is 278 g/mol. The van der Waals surface area contributed by atoms with Gasteiger partial charge in [0.2, 0.25) is 0 Å². The molecule has 0 aromatic carbocycles. The second kappa shape index (κ2) is 5.27. The van der Waals surface area contributed by atoms with Crippen LogP contribution in [0.25, 0.3) is 10.3 Å². The van der Waals surface area contributed by atoms with Crippen LogP contribution in [0.15, 0.2) is 16.9 Å². The van der Waals surface area contributed by atoms with Crippen LogP contribution in [0.1, 0.15) is 6.42 Å². The fourth-order valence-corrected chi connectivity index (χ4v) is 2.89. The number of aromatic nitrogens is 3. The van der Waals surface area contributed by atoms with Crippen LogP contribution < -0.4 is 0 Å². The third-order valence-corrected chi connectivity index (χ3v) is 3.90. The van der Waals surface area contributed by atoms with E-state index in [2.05, 4.69) is 15.0 Å². The van der Waals surface area contributed by atoms with Crippen LogP contribution in [0.3, 0.4) is 0 Å². The Bertz CT molecular complexity index is 600. The lowest BCUT2D eigenvalue weighted by Gasteiger charge is -2.08. The molecule has 94 valence electrons. The normalized spacial score (nSPS) is 12.4. The molecule has 0 aliphatic carbocycles. The number of hydrogen-bond donors (Lipinski definition) is 2. The molecule has 2 aromatic rings. The predicted molar refractivity (Wildman–Crippen MR) is 64.7 cm³/mol. The van der Waals surface area contributed by atoms with Gasteiger partial charge in [0.05, 0.1) is 11.9 Å². The molecule has 0 amide bonds. The number of aliphatic carboxylic acids is 2. The van der Waals surface area contributed by atoms with E-state index in [4.69, 9.17) is 10.2 Å². The van der Waals surface area contributed by atoms with E-state index in [1.807, 2.05) is 0 Å². The third-order valence-electron chi connectivity index (χ3n) is 1.99. The van der Waals surface area contributed by atoms with E-state index >= 15 is 0 Å². The molecule has 0 aliphatic heterocycles. The zero-order valence-corrected chi connectivity index (χ0v) is 10.4. The molecule has 0 spiro atoms. The highest BCUT2D eigenvalue weighted by molar-refractivity contribution is 8.00. The first-order valence-corrected chi connectivity index (χ1v) is 6.49. The summed E-state index contributed by atoms with van der Waals surface area (Å²) in [6.07, 6.45) is 0.832. The van der Waals surface area contributed by atoms with Gasteiger partial charge >= 0.3 is 11.9 Å².